The van der Waals surface area contributed by atoms with E-state index in [0.29, 0.717) is 0 Å². The lowest BCUT2D eigenvalue weighted by Crippen LogP contribution is -2.30. The van der Waals surface area contributed by atoms with Crippen molar-refractivity contribution in [3.05, 3.63) is 16.6 Å². The molecule has 17 heavy (non-hydrogen) atoms. The Labute approximate surface area is 107 Å². The van der Waals surface area contributed by atoms with Gasteiger partial charge in [-0.3, -0.25) is 4.98 Å². The van der Waals surface area contributed by atoms with Crippen molar-refractivity contribution < 1.29 is 0 Å². The highest BCUT2D eigenvalue weighted by molar-refractivity contribution is 7.09. The highest BCUT2D eigenvalue weighted by atomic mass is 32.1. The summed E-state index contributed by atoms with van der Waals surface area (Å²) in [5.74, 6) is 1.71. The molecule has 0 unspecified atom stereocenters. The van der Waals surface area contributed by atoms with Gasteiger partial charge in [0.1, 0.15) is 0 Å². The highest BCUT2D eigenvalue weighted by Crippen LogP contribution is 2.42. The maximum atomic E-state index is 4.16. The average molecular weight is 251 g/mol. The summed E-state index contributed by atoms with van der Waals surface area (Å²) in [4.78, 5) is 5.62. The monoisotopic (exact) mass is 251 g/mol. The molecule has 0 bridgehead atoms. The second-order valence-electron chi connectivity index (χ2n) is 5.29. The standard InChI is InChI=1S/C13H21N3S/c1-4-14-5-2-10(1)3-6-16-12-7-11(12)13-8-15-9-17-13/h8-12,14,16H,1-7H2/t11-,12-/m0/s1. The Balaban J connectivity index is 1.33. The zero-order valence-electron chi connectivity index (χ0n) is 10.2. The van der Waals surface area contributed by atoms with E-state index < -0.39 is 0 Å². The molecule has 1 aromatic heterocycles. The Morgan fingerprint density at radius 1 is 1.41 bits per heavy atom. The molecule has 1 saturated carbocycles. The molecule has 3 nitrogen and oxygen atoms in total. The molecular formula is C13H21N3S. The summed E-state index contributed by atoms with van der Waals surface area (Å²) in [6.07, 6.45) is 7.43. The van der Waals surface area contributed by atoms with Crippen LogP contribution in [-0.2, 0) is 0 Å². The Kier molecular flexibility index (Phi) is 3.74. The maximum absolute atomic E-state index is 4.16. The SMILES string of the molecule is c1ncc([C@H]2C[C@@H]2NCCC2CCNCC2)s1. The molecule has 2 heterocycles. The van der Waals surface area contributed by atoms with E-state index in [4.69, 9.17) is 0 Å². The molecular weight excluding hydrogens is 230 g/mol. The Bertz CT molecular complexity index is 332. The predicted molar refractivity (Wildman–Crippen MR) is 71.5 cm³/mol. The van der Waals surface area contributed by atoms with Crippen LogP contribution < -0.4 is 10.6 Å². The van der Waals surface area contributed by atoms with Gasteiger partial charge < -0.3 is 10.6 Å². The van der Waals surface area contributed by atoms with E-state index in [9.17, 15) is 0 Å². The molecule has 94 valence electrons. The van der Waals surface area contributed by atoms with E-state index in [1.807, 2.05) is 11.7 Å². The van der Waals surface area contributed by atoms with Crippen molar-refractivity contribution in [1.29, 1.82) is 0 Å². The minimum atomic E-state index is 0.733. The number of nitrogens with one attached hydrogen (secondary N) is 2. The molecule has 2 fully saturated rings. The summed E-state index contributed by atoms with van der Waals surface area (Å²) < 4.78 is 0. The van der Waals surface area contributed by atoms with Crippen molar-refractivity contribution in [2.75, 3.05) is 19.6 Å². The van der Waals surface area contributed by atoms with Crippen LogP contribution in [0, 0.1) is 5.92 Å². The number of hydrogen-bond donors (Lipinski definition) is 2. The summed E-state index contributed by atoms with van der Waals surface area (Å²) >= 11 is 1.80. The Morgan fingerprint density at radius 3 is 3.06 bits per heavy atom. The van der Waals surface area contributed by atoms with Crippen molar-refractivity contribution >= 4 is 11.3 Å². The van der Waals surface area contributed by atoms with E-state index in [2.05, 4.69) is 15.6 Å². The largest absolute Gasteiger partial charge is 0.317 e. The van der Waals surface area contributed by atoms with E-state index in [1.165, 1.54) is 50.2 Å². The lowest BCUT2D eigenvalue weighted by molar-refractivity contribution is 0.348. The summed E-state index contributed by atoms with van der Waals surface area (Å²) in [6, 6.07) is 0.733. The van der Waals surface area contributed by atoms with Gasteiger partial charge in [0.2, 0.25) is 0 Å². The smallest absolute Gasteiger partial charge is 0.0794 e. The molecule has 1 saturated heterocycles. The highest BCUT2D eigenvalue weighted by Gasteiger charge is 2.38. The van der Waals surface area contributed by atoms with Crippen LogP contribution in [0.1, 0.15) is 36.5 Å². The van der Waals surface area contributed by atoms with Gasteiger partial charge in [0.15, 0.2) is 0 Å². The van der Waals surface area contributed by atoms with Crippen LogP contribution in [0.5, 0.6) is 0 Å². The van der Waals surface area contributed by atoms with Crippen molar-refractivity contribution in [2.24, 2.45) is 5.92 Å². The number of nitrogens with zero attached hydrogens (tertiary/aromatic N) is 1. The van der Waals surface area contributed by atoms with E-state index in [1.54, 1.807) is 11.3 Å². The lowest BCUT2D eigenvalue weighted by Gasteiger charge is -2.22. The average Bonchev–Trinajstić information content (AvgIpc) is 2.93. The quantitative estimate of drug-likeness (QED) is 0.840. The molecule has 0 radical (unpaired) electrons. The van der Waals surface area contributed by atoms with Crippen molar-refractivity contribution in [3.8, 4) is 0 Å². The van der Waals surface area contributed by atoms with Gasteiger partial charge >= 0.3 is 0 Å². The van der Waals surface area contributed by atoms with Crippen molar-refractivity contribution in [3.63, 3.8) is 0 Å². The molecule has 0 amide bonds. The van der Waals surface area contributed by atoms with Gasteiger partial charge in [-0.15, -0.1) is 11.3 Å². The topological polar surface area (TPSA) is 37.0 Å². The third kappa shape index (κ3) is 3.06. The first-order valence-corrected chi connectivity index (χ1v) is 7.64. The van der Waals surface area contributed by atoms with E-state index >= 15 is 0 Å². The van der Waals surface area contributed by atoms with Gasteiger partial charge in [-0.25, -0.2) is 0 Å². The van der Waals surface area contributed by atoms with Gasteiger partial charge in [-0.2, -0.15) is 0 Å². The van der Waals surface area contributed by atoms with Gasteiger partial charge in [0.25, 0.3) is 0 Å². The summed E-state index contributed by atoms with van der Waals surface area (Å²) in [7, 11) is 0. The van der Waals surface area contributed by atoms with Crippen LogP contribution in [0.25, 0.3) is 0 Å². The molecule has 2 atom stereocenters. The lowest BCUT2D eigenvalue weighted by atomic mass is 9.95. The summed E-state index contributed by atoms with van der Waals surface area (Å²) in [5, 5.41) is 7.13. The second-order valence-corrected chi connectivity index (χ2v) is 6.21. The number of hydrogen-bond acceptors (Lipinski definition) is 4. The Hall–Kier alpha value is -0.450. The normalized spacial score (nSPS) is 29.4. The first kappa shape index (κ1) is 11.6. The molecule has 0 aromatic carbocycles. The fraction of sp³-hybridized carbons (Fsp3) is 0.769. The number of aromatic nitrogens is 1. The number of rotatable bonds is 5. The van der Waals surface area contributed by atoms with Crippen molar-refractivity contribution in [1.82, 2.24) is 15.6 Å². The van der Waals surface area contributed by atoms with Crippen LogP contribution in [-0.4, -0.2) is 30.7 Å². The van der Waals surface area contributed by atoms with Gasteiger partial charge in [-0.05, 0) is 51.2 Å². The van der Waals surface area contributed by atoms with Crippen LogP contribution in [0.2, 0.25) is 0 Å². The van der Waals surface area contributed by atoms with Gasteiger partial charge in [0.05, 0.1) is 5.51 Å². The molecule has 1 aromatic rings. The van der Waals surface area contributed by atoms with Gasteiger partial charge in [-0.1, -0.05) is 0 Å². The molecule has 2 aliphatic rings. The van der Waals surface area contributed by atoms with E-state index in [-0.39, 0.29) is 0 Å². The minimum absolute atomic E-state index is 0.733. The van der Waals surface area contributed by atoms with Crippen LogP contribution in [0.15, 0.2) is 11.7 Å². The second kappa shape index (κ2) is 5.46. The number of thiazole rings is 1. The molecule has 2 N–H and O–H groups in total. The molecule has 0 spiro atoms. The predicted octanol–water partition coefficient (Wildman–Crippen LogP) is 1.98. The van der Waals surface area contributed by atoms with Crippen LogP contribution in [0.4, 0.5) is 0 Å². The third-order valence-electron chi connectivity index (χ3n) is 4.03. The molecule has 1 aliphatic heterocycles. The first-order chi connectivity index (χ1) is 8.43. The van der Waals surface area contributed by atoms with E-state index in [0.717, 1.165) is 17.9 Å². The molecule has 3 rings (SSSR count). The third-order valence-corrected chi connectivity index (χ3v) is 4.93. The van der Waals surface area contributed by atoms with Crippen molar-refractivity contribution in [2.45, 2.75) is 37.6 Å². The zero-order valence-corrected chi connectivity index (χ0v) is 11.0. The maximum Gasteiger partial charge on any atom is 0.0794 e. The fourth-order valence-corrected chi connectivity index (χ4v) is 3.59. The summed E-state index contributed by atoms with van der Waals surface area (Å²) in [5.41, 5.74) is 1.94. The first-order valence-electron chi connectivity index (χ1n) is 6.76. The zero-order chi connectivity index (χ0) is 11.5. The molecule has 1 aliphatic carbocycles. The Morgan fingerprint density at radius 2 is 2.29 bits per heavy atom. The van der Waals surface area contributed by atoms with Crippen LogP contribution >= 0.6 is 11.3 Å². The van der Waals surface area contributed by atoms with Gasteiger partial charge in [0, 0.05) is 23.0 Å². The summed E-state index contributed by atoms with van der Waals surface area (Å²) in [6.45, 7) is 3.64. The number of piperidine rings is 1. The fourth-order valence-electron chi connectivity index (χ4n) is 2.79. The van der Waals surface area contributed by atoms with Crippen LogP contribution in [0.3, 0.4) is 0 Å². The minimum Gasteiger partial charge on any atom is -0.317 e. The molecule has 4 heteroatoms.